The van der Waals surface area contributed by atoms with Crippen molar-refractivity contribution in [2.45, 2.75) is 19.3 Å². The maximum atomic E-state index is 11.9. The average Bonchev–Trinajstić information content (AvgIpc) is 2.84. The summed E-state index contributed by atoms with van der Waals surface area (Å²) in [5.41, 5.74) is 2.61. The predicted octanol–water partition coefficient (Wildman–Crippen LogP) is 4.03. The van der Waals surface area contributed by atoms with E-state index in [1.807, 2.05) is 29.2 Å². The molecule has 1 aromatic carbocycles. The van der Waals surface area contributed by atoms with Gasteiger partial charge in [-0.2, -0.15) is 0 Å². The minimum absolute atomic E-state index is 0.0148. The van der Waals surface area contributed by atoms with Crippen LogP contribution in [0.1, 0.15) is 19.3 Å². The number of benzene rings is 1. The molecule has 0 unspecified atom stereocenters. The van der Waals surface area contributed by atoms with Crippen LogP contribution in [0.3, 0.4) is 0 Å². The molecule has 31 heavy (non-hydrogen) atoms. The van der Waals surface area contributed by atoms with Gasteiger partial charge in [-0.05, 0) is 30.9 Å². The van der Waals surface area contributed by atoms with E-state index in [4.69, 9.17) is 14.7 Å². The van der Waals surface area contributed by atoms with Crippen molar-refractivity contribution in [1.82, 2.24) is 9.97 Å². The molecule has 0 saturated carbocycles. The maximum Gasteiger partial charge on any atom is 0.312 e. The zero-order valence-corrected chi connectivity index (χ0v) is 17.4. The van der Waals surface area contributed by atoms with Crippen LogP contribution in [-0.4, -0.2) is 54.3 Å². The highest BCUT2D eigenvalue weighted by atomic mass is 16.6. The Morgan fingerprint density at radius 2 is 1.55 bits per heavy atom. The van der Waals surface area contributed by atoms with Crippen molar-refractivity contribution in [1.29, 1.82) is 0 Å². The van der Waals surface area contributed by atoms with Crippen molar-refractivity contribution >= 4 is 28.4 Å². The van der Waals surface area contributed by atoms with E-state index in [-0.39, 0.29) is 10.6 Å². The van der Waals surface area contributed by atoms with E-state index in [1.165, 1.54) is 6.42 Å². The summed E-state index contributed by atoms with van der Waals surface area (Å²) in [5.74, 6) is 1.29. The van der Waals surface area contributed by atoms with E-state index in [0.717, 1.165) is 42.9 Å². The first-order chi connectivity index (χ1) is 15.2. The largest absolute Gasteiger partial charge is 0.378 e. The van der Waals surface area contributed by atoms with Crippen LogP contribution in [0.2, 0.25) is 0 Å². The molecule has 0 radical (unpaired) electrons. The number of hydrogen-bond donors (Lipinski definition) is 0. The van der Waals surface area contributed by atoms with Crippen molar-refractivity contribution in [2.24, 2.45) is 0 Å². The molecule has 0 amide bonds. The van der Waals surface area contributed by atoms with Gasteiger partial charge in [-0.25, -0.2) is 9.97 Å². The molecule has 0 atom stereocenters. The van der Waals surface area contributed by atoms with Gasteiger partial charge in [0.05, 0.1) is 18.1 Å². The molecule has 0 spiro atoms. The molecule has 2 aliphatic rings. The summed E-state index contributed by atoms with van der Waals surface area (Å²) in [6.07, 6.45) is 3.51. The lowest BCUT2D eigenvalue weighted by atomic mass is 10.0. The number of anilines is 2. The third kappa shape index (κ3) is 3.90. The molecule has 4 heterocycles. The standard InChI is InChI=1S/C23H25N5O3/c29-28(30)20-16-18-15-19(17-7-3-1-4-8-17)22(26-9-5-2-6-10-26)24-21(18)25-23(20)27-11-13-31-14-12-27/h1,3-4,7-8,15-16H,2,5-6,9-14H2. The van der Waals surface area contributed by atoms with Gasteiger partial charge in [-0.3, -0.25) is 10.1 Å². The number of aromatic nitrogens is 2. The van der Waals surface area contributed by atoms with Crippen LogP contribution in [0.15, 0.2) is 42.5 Å². The Labute approximate surface area is 180 Å². The quantitative estimate of drug-likeness (QED) is 0.466. The fourth-order valence-corrected chi connectivity index (χ4v) is 4.39. The van der Waals surface area contributed by atoms with Crippen molar-refractivity contribution < 1.29 is 9.66 Å². The molecule has 2 aromatic heterocycles. The first-order valence-electron chi connectivity index (χ1n) is 10.8. The highest BCUT2D eigenvalue weighted by molar-refractivity contribution is 5.90. The second-order valence-corrected chi connectivity index (χ2v) is 8.01. The Kier molecular flexibility index (Phi) is 5.38. The number of pyridine rings is 2. The zero-order valence-electron chi connectivity index (χ0n) is 17.4. The number of piperidine rings is 1. The third-order valence-electron chi connectivity index (χ3n) is 5.99. The lowest BCUT2D eigenvalue weighted by Crippen LogP contribution is -2.37. The van der Waals surface area contributed by atoms with E-state index in [1.54, 1.807) is 6.07 Å². The maximum absolute atomic E-state index is 11.9. The summed E-state index contributed by atoms with van der Waals surface area (Å²) in [7, 11) is 0. The Bertz CT molecular complexity index is 1090. The van der Waals surface area contributed by atoms with Crippen LogP contribution in [-0.2, 0) is 4.74 Å². The third-order valence-corrected chi connectivity index (χ3v) is 5.99. The van der Waals surface area contributed by atoms with Crippen LogP contribution in [0.5, 0.6) is 0 Å². The first kappa shape index (κ1) is 19.7. The average molecular weight is 419 g/mol. The molecule has 160 valence electrons. The minimum atomic E-state index is -0.349. The highest BCUT2D eigenvalue weighted by Gasteiger charge is 2.26. The topological polar surface area (TPSA) is 84.6 Å². The smallest absolute Gasteiger partial charge is 0.312 e. The predicted molar refractivity (Wildman–Crippen MR) is 121 cm³/mol. The van der Waals surface area contributed by atoms with E-state index < -0.39 is 0 Å². The van der Waals surface area contributed by atoms with Crippen molar-refractivity contribution in [3.8, 4) is 11.1 Å². The molecule has 0 N–H and O–H groups in total. The van der Waals surface area contributed by atoms with E-state index >= 15 is 0 Å². The lowest BCUT2D eigenvalue weighted by Gasteiger charge is -2.30. The van der Waals surface area contributed by atoms with Crippen LogP contribution >= 0.6 is 0 Å². The Morgan fingerprint density at radius 3 is 2.26 bits per heavy atom. The molecule has 8 heteroatoms. The minimum Gasteiger partial charge on any atom is -0.378 e. The van der Waals surface area contributed by atoms with Gasteiger partial charge >= 0.3 is 5.69 Å². The van der Waals surface area contributed by atoms with Crippen LogP contribution in [0, 0.1) is 10.1 Å². The van der Waals surface area contributed by atoms with Crippen LogP contribution < -0.4 is 9.80 Å². The molecule has 5 rings (SSSR count). The SMILES string of the molecule is O=[N+]([O-])c1cc2cc(-c3ccccc3)c(N3CCCCC3)nc2nc1N1CCOCC1. The zero-order chi connectivity index (χ0) is 21.2. The summed E-state index contributed by atoms with van der Waals surface area (Å²) < 4.78 is 5.41. The molecule has 2 fully saturated rings. The van der Waals surface area contributed by atoms with Crippen LogP contribution in [0.4, 0.5) is 17.3 Å². The number of rotatable bonds is 4. The van der Waals surface area contributed by atoms with Gasteiger partial charge < -0.3 is 14.5 Å². The Morgan fingerprint density at radius 1 is 0.871 bits per heavy atom. The number of fused-ring (bicyclic) bond motifs is 1. The second kappa shape index (κ2) is 8.47. The highest BCUT2D eigenvalue weighted by Crippen LogP contribution is 2.36. The van der Waals surface area contributed by atoms with Crippen molar-refractivity contribution in [3.05, 3.63) is 52.6 Å². The Balaban J connectivity index is 1.69. The van der Waals surface area contributed by atoms with Crippen LogP contribution in [0.25, 0.3) is 22.2 Å². The van der Waals surface area contributed by atoms with Gasteiger partial charge in [-0.15, -0.1) is 0 Å². The van der Waals surface area contributed by atoms with Crippen molar-refractivity contribution in [3.63, 3.8) is 0 Å². The molecule has 0 aliphatic carbocycles. The van der Waals surface area contributed by atoms with Gasteiger partial charge in [-0.1, -0.05) is 30.3 Å². The summed E-state index contributed by atoms with van der Waals surface area (Å²) >= 11 is 0. The molecular formula is C23H25N5O3. The fourth-order valence-electron chi connectivity index (χ4n) is 4.39. The molecule has 8 nitrogen and oxygen atoms in total. The number of morpholine rings is 1. The first-order valence-corrected chi connectivity index (χ1v) is 10.8. The van der Waals surface area contributed by atoms with E-state index in [2.05, 4.69) is 17.0 Å². The molecule has 0 bridgehead atoms. The number of hydrogen-bond acceptors (Lipinski definition) is 7. The molecule has 3 aromatic rings. The summed E-state index contributed by atoms with van der Waals surface area (Å²) in [6, 6.07) is 13.7. The van der Waals surface area contributed by atoms with Gasteiger partial charge in [0.2, 0.25) is 5.82 Å². The summed E-state index contributed by atoms with van der Waals surface area (Å²) in [4.78, 5) is 25.4. The second-order valence-electron chi connectivity index (χ2n) is 8.01. The van der Waals surface area contributed by atoms with Gasteiger partial charge in [0.25, 0.3) is 0 Å². The molecular weight excluding hydrogens is 394 g/mol. The normalized spacial score (nSPS) is 17.2. The van der Waals surface area contributed by atoms with Crippen molar-refractivity contribution in [2.75, 3.05) is 49.2 Å². The van der Waals surface area contributed by atoms with Gasteiger partial charge in [0.15, 0.2) is 5.65 Å². The van der Waals surface area contributed by atoms with Gasteiger partial charge in [0, 0.05) is 43.2 Å². The monoisotopic (exact) mass is 419 g/mol. The lowest BCUT2D eigenvalue weighted by molar-refractivity contribution is -0.384. The molecule has 2 aliphatic heterocycles. The number of ether oxygens (including phenoxy) is 1. The number of nitrogens with zero attached hydrogens (tertiary/aromatic N) is 5. The van der Waals surface area contributed by atoms with Gasteiger partial charge in [0.1, 0.15) is 5.82 Å². The van der Waals surface area contributed by atoms with E-state index in [0.29, 0.717) is 43.2 Å². The molecule has 2 saturated heterocycles. The fraction of sp³-hybridized carbons (Fsp3) is 0.391. The summed E-state index contributed by atoms with van der Waals surface area (Å²) in [5, 5.41) is 12.5. The van der Waals surface area contributed by atoms with E-state index in [9.17, 15) is 10.1 Å². The number of nitro groups is 1. The summed E-state index contributed by atoms with van der Waals surface area (Å²) in [6.45, 7) is 4.16. The Hall–Kier alpha value is -3.26.